The molecule has 1 aromatic carbocycles. The van der Waals surface area contributed by atoms with E-state index >= 15 is 0 Å². The monoisotopic (exact) mass is 535 g/mol. The number of primary amides is 1. The first-order chi connectivity index (χ1) is 17.7. The van der Waals surface area contributed by atoms with Crippen molar-refractivity contribution in [2.45, 2.75) is 84.0 Å². The number of phenolic OH excluding ortho intramolecular Hbond substituents is 1. The van der Waals surface area contributed by atoms with E-state index in [1.54, 1.807) is 26.0 Å². The van der Waals surface area contributed by atoms with Gasteiger partial charge in [0, 0.05) is 6.42 Å². The highest BCUT2D eigenvalue weighted by molar-refractivity contribution is 5.94. The van der Waals surface area contributed by atoms with Crippen LogP contribution >= 0.6 is 0 Å². The Hall–Kier alpha value is -3.67. The summed E-state index contributed by atoms with van der Waals surface area (Å²) in [5, 5.41) is 26.6. The average molecular weight is 536 g/mol. The molecule has 5 atom stereocenters. The van der Waals surface area contributed by atoms with Crippen LogP contribution in [0, 0.1) is 11.8 Å². The number of nitrogens with two attached hydrogens (primary N) is 2. The van der Waals surface area contributed by atoms with Crippen LogP contribution in [0.2, 0.25) is 0 Å². The van der Waals surface area contributed by atoms with Gasteiger partial charge in [0.1, 0.15) is 23.9 Å². The summed E-state index contributed by atoms with van der Waals surface area (Å²) in [6, 6.07) is 1.67. The zero-order valence-corrected chi connectivity index (χ0v) is 22.4. The fraction of sp³-hybridized carbons (Fsp3) is 0.577. The summed E-state index contributed by atoms with van der Waals surface area (Å²) in [4.78, 5) is 62.0. The highest BCUT2D eigenvalue weighted by atomic mass is 16.4. The van der Waals surface area contributed by atoms with Gasteiger partial charge in [0.25, 0.3) is 0 Å². The van der Waals surface area contributed by atoms with Crippen molar-refractivity contribution in [3.8, 4) is 5.75 Å². The van der Waals surface area contributed by atoms with Gasteiger partial charge in [-0.15, -0.1) is 0 Å². The molecule has 0 radical (unpaired) electrons. The maximum atomic E-state index is 13.2. The predicted molar refractivity (Wildman–Crippen MR) is 141 cm³/mol. The third-order valence-corrected chi connectivity index (χ3v) is 6.16. The number of aromatic hydroxyl groups is 1. The van der Waals surface area contributed by atoms with Crippen molar-refractivity contribution >= 4 is 29.6 Å². The van der Waals surface area contributed by atoms with E-state index in [-0.39, 0.29) is 43.3 Å². The van der Waals surface area contributed by atoms with Crippen molar-refractivity contribution in [3.63, 3.8) is 0 Å². The minimum atomic E-state index is -1.21. The number of carboxylic acids is 1. The van der Waals surface area contributed by atoms with E-state index in [1.807, 2.05) is 13.8 Å². The summed E-state index contributed by atoms with van der Waals surface area (Å²) in [5.41, 5.74) is 11.9. The van der Waals surface area contributed by atoms with Crippen molar-refractivity contribution < 1.29 is 34.2 Å². The van der Waals surface area contributed by atoms with Crippen LogP contribution in [0.3, 0.4) is 0 Å². The highest BCUT2D eigenvalue weighted by Crippen LogP contribution is 2.13. The fourth-order valence-corrected chi connectivity index (χ4v) is 3.73. The van der Waals surface area contributed by atoms with Crippen molar-refractivity contribution in [1.82, 2.24) is 16.0 Å². The average Bonchev–Trinajstić information content (AvgIpc) is 2.84. The van der Waals surface area contributed by atoms with E-state index in [2.05, 4.69) is 16.0 Å². The molecule has 12 nitrogen and oxygen atoms in total. The van der Waals surface area contributed by atoms with Gasteiger partial charge in [-0.1, -0.05) is 46.2 Å². The Kier molecular flexibility index (Phi) is 13.2. The summed E-state index contributed by atoms with van der Waals surface area (Å²) in [6.07, 6.45) is 0.521. The lowest BCUT2D eigenvalue weighted by atomic mass is 9.97. The Morgan fingerprint density at radius 1 is 0.895 bits per heavy atom. The molecule has 0 aromatic heterocycles. The maximum Gasteiger partial charge on any atom is 0.326 e. The smallest absolute Gasteiger partial charge is 0.326 e. The molecule has 0 fully saturated rings. The number of aliphatic carboxylic acids is 1. The Bertz CT molecular complexity index is 967. The quantitative estimate of drug-likeness (QED) is 0.154. The van der Waals surface area contributed by atoms with E-state index in [1.165, 1.54) is 12.1 Å². The van der Waals surface area contributed by atoms with Crippen molar-refractivity contribution in [2.24, 2.45) is 23.3 Å². The number of carboxylic acid groups (broad SMARTS) is 1. The molecule has 12 heteroatoms. The number of rotatable bonds is 16. The van der Waals surface area contributed by atoms with Gasteiger partial charge in [0.2, 0.25) is 23.6 Å². The first-order valence-electron chi connectivity index (χ1n) is 12.7. The maximum absolute atomic E-state index is 13.2. The van der Waals surface area contributed by atoms with Crippen LogP contribution in [-0.4, -0.2) is 64.0 Å². The predicted octanol–water partition coefficient (Wildman–Crippen LogP) is 0.159. The van der Waals surface area contributed by atoms with Crippen molar-refractivity contribution in [3.05, 3.63) is 29.8 Å². The second kappa shape index (κ2) is 15.6. The molecular weight excluding hydrogens is 494 g/mol. The molecule has 38 heavy (non-hydrogen) atoms. The third-order valence-electron chi connectivity index (χ3n) is 6.16. The molecule has 0 aliphatic rings. The number of hydrogen-bond acceptors (Lipinski definition) is 7. The second-order valence-electron chi connectivity index (χ2n) is 9.94. The van der Waals surface area contributed by atoms with E-state index in [0.717, 1.165) is 0 Å². The van der Waals surface area contributed by atoms with Crippen LogP contribution in [0.25, 0.3) is 0 Å². The molecule has 0 heterocycles. The molecule has 0 saturated heterocycles. The number of carbonyl (C=O) groups is 5. The van der Waals surface area contributed by atoms with Gasteiger partial charge in [-0.05, 0) is 48.8 Å². The Labute approximate surface area is 222 Å². The lowest BCUT2D eigenvalue weighted by Gasteiger charge is -2.27. The zero-order valence-electron chi connectivity index (χ0n) is 22.4. The first-order valence-corrected chi connectivity index (χ1v) is 12.7. The van der Waals surface area contributed by atoms with Crippen LogP contribution in [0.1, 0.15) is 58.9 Å². The summed E-state index contributed by atoms with van der Waals surface area (Å²) in [6.45, 7) is 7.18. The van der Waals surface area contributed by atoms with E-state index in [4.69, 9.17) is 11.5 Å². The molecule has 0 aliphatic carbocycles. The van der Waals surface area contributed by atoms with E-state index in [9.17, 15) is 34.2 Å². The van der Waals surface area contributed by atoms with Gasteiger partial charge < -0.3 is 37.6 Å². The van der Waals surface area contributed by atoms with Crippen LogP contribution in [-0.2, 0) is 30.4 Å². The number of amides is 4. The minimum Gasteiger partial charge on any atom is -0.508 e. The van der Waals surface area contributed by atoms with Gasteiger partial charge in [-0.2, -0.15) is 0 Å². The van der Waals surface area contributed by atoms with Gasteiger partial charge in [-0.3, -0.25) is 19.2 Å². The highest BCUT2D eigenvalue weighted by Gasteiger charge is 2.32. The number of hydrogen-bond donors (Lipinski definition) is 7. The molecule has 4 amide bonds. The molecule has 0 aliphatic heterocycles. The summed E-state index contributed by atoms with van der Waals surface area (Å²) < 4.78 is 0. The summed E-state index contributed by atoms with van der Waals surface area (Å²) >= 11 is 0. The first kappa shape index (κ1) is 32.4. The SMILES string of the molecule is CCC(C)C(NC(=O)C(CC(C)C)NC(=O)C(CCC(N)=O)NC(=O)C(N)Cc1ccc(O)cc1)C(=O)O. The Morgan fingerprint density at radius 3 is 1.95 bits per heavy atom. The lowest BCUT2D eigenvalue weighted by Crippen LogP contribution is -2.58. The summed E-state index contributed by atoms with van der Waals surface area (Å²) in [7, 11) is 0. The molecular formula is C26H41N5O7. The zero-order chi connectivity index (χ0) is 29.0. The van der Waals surface area contributed by atoms with Gasteiger partial charge in [-0.25, -0.2) is 4.79 Å². The van der Waals surface area contributed by atoms with E-state index < -0.39 is 53.8 Å². The normalized spacial score (nSPS) is 15.0. The largest absolute Gasteiger partial charge is 0.508 e. The minimum absolute atomic E-state index is 0.0321. The van der Waals surface area contributed by atoms with E-state index in [0.29, 0.717) is 12.0 Å². The van der Waals surface area contributed by atoms with Gasteiger partial charge >= 0.3 is 5.97 Å². The van der Waals surface area contributed by atoms with Crippen LogP contribution < -0.4 is 27.4 Å². The van der Waals surface area contributed by atoms with Crippen LogP contribution in [0.4, 0.5) is 0 Å². The van der Waals surface area contributed by atoms with Crippen molar-refractivity contribution in [1.29, 1.82) is 0 Å². The number of phenols is 1. The molecule has 212 valence electrons. The fourth-order valence-electron chi connectivity index (χ4n) is 3.73. The van der Waals surface area contributed by atoms with Crippen LogP contribution in [0.5, 0.6) is 5.75 Å². The number of benzene rings is 1. The Morgan fingerprint density at radius 2 is 1.45 bits per heavy atom. The van der Waals surface area contributed by atoms with Crippen molar-refractivity contribution in [2.75, 3.05) is 0 Å². The van der Waals surface area contributed by atoms with Gasteiger partial charge in [0.05, 0.1) is 6.04 Å². The molecule has 0 bridgehead atoms. The number of nitrogens with one attached hydrogen (secondary N) is 3. The Balaban J connectivity index is 3.02. The summed E-state index contributed by atoms with van der Waals surface area (Å²) in [5.74, 6) is -4.23. The van der Waals surface area contributed by atoms with Gasteiger partial charge in [0.15, 0.2) is 0 Å². The molecule has 0 spiro atoms. The molecule has 1 aromatic rings. The van der Waals surface area contributed by atoms with Crippen LogP contribution in [0.15, 0.2) is 24.3 Å². The molecule has 0 saturated carbocycles. The molecule has 5 unspecified atom stereocenters. The standard InChI is InChI=1S/C26H41N5O7/c1-5-15(4)22(26(37)38)31-25(36)20(12-14(2)3)30-24(35)19(10-11-21(28)33)29-23(34)18(27)13-16-6-8-17(32)9-7-16/h6-9,14-15,18-20,22,32H,5,10-13,27H2,1-4H3,(H2,28,33)(H,29,34)(H,30,35)(H,31,36)(H,37,38). The molecule has 1 rings (SSSR count). The molecule has 9 N–H and O–H groups in total. The lowest BCUT2D eigenvalue weighted by molar-refractivity contribution is -0.144. The second-order valence-corrected chi connectivity index (χ2v) is 9.94. The number of carbonyl (C=O) groups excluding carboxylic acids is 4. The third kappa shape index (κ3) is 11.2. The topological polar surface area (TPSA) is 214 Å².